The third-order valence-electron chi connectivity index (χ3n) is 4.08. The molecule has 0 aliphatic rings. The normalized spacial score (nSPS) is 13.7. The maximum atomic E-state index is 12.5. The van der Waals surface area contributed by atoms with Gasteiger partial charge in [-0.15, -0.1) is 0 Å². The molecule has 2 aromatic heterocycles. The molecule has 0 spiro atoms. The summed E-state index contributed by atoms with van der Waals surface area (Å²) in [5, 5.41) is 16.7. The van der Waals surface area contributed by atoms with Gasteiger partial charge in [-0.25, -0.2) is 9.67 Å². The van der Waals surface area contributed by atoms with E-state index in [0.717, 1.165) is 12.1 Å². The van der Waals surface area contributed by atoms with E-state index >= 15 is 0 Å². The van der Waals surface area contributed by atoms with E-state index in [4.69, 9.17) is 5.11 Å². The van der Waals surface area contributed by atoms with Crippen LogP contribution >= 0.6 is 0 Å². The Hall–Kier alpha value is -2.44. The second-order valence-corrected chi connectivity index (χ2v) is 6.31. The summed E-state index contributed by atoms with van der Waals surface area (Å²) < 4.78 is 1.84. The zero-order valence-electron chi connectivity index (χ0n) is 14.5. The topological polar surface area (TPSA) is 97.1 Å². The Morgan fingerprint density at radius 1 is 1.38 bits per heavy atom. The predicted molar refractivity (Wildman–Crippen MR) is 91.0 cm³/mol. The molecule has 1 amide bonds. The van der Waals surface area contributed by atoms with E-state index in [9.17, 15) is 9.59 Å². The second kappa shape index (κ2) is 7.42. The van der Waals surface area contributed by atoms with Gasteiger partial charge in [-0.3, -0.25) is 9.59 Å². The van der Waals surface area contributed by atoms with E-state index in [1.807, 2.05) is 11.6 Å². The van der Waals surface area contributed by atoms with E-state index in [-0.39, 0.29) is 24.3 Å². The van der Waals surface area contributed by atoms with Gasteiger partial charge in [0.05, 0.1) is 23.2 Å². The van der Waals surface area contributed by atoms with Crippen molar-refractivity contribution < 1.29 is 14.7 Å². The van der Waals surface area contributed by atoms with Crippen LogP contribution in [0.1, 0.15) is 55.7 Å². The summed E-state index contributed by atoms with van der Waals surface area (Å²) in [6.07, 6.45) is 2.61. The molecule has 0 saturated heterocycles. The predicted octanol–water partition coefficient (Wildman–Crippen LogP) is 2.55. The number of aliphatic carboxylic acids is 1. The molecule has 7 heteroatoms. The first-order valence-corrected chi connectivity index (χ1v) is 8.18. The van der Waals surface area contributed by atoms with Gasteiger partial charge in [0.25, 0.3) is 5.91 Å². The molecule has 2 rings (SSSR count). The smallest absolute Gasteiger partial charge is 0.303 e. The zero-order valence-corrected chi connectivity index (χ0v) is 14.5. The van der Waals surface area contributed by atoms with Crippen LogP contribution in [-0.2, 0) is 4.79 Å². The Kier molecular flexibility index (Phi) is 5.54. The van der Waals surface area contributed by atoms with Gasteiger partial charge in [0.15, 0.2) is 5.65 Å². The first-order valence-electron chi connectivity index (χ1n) is 8.18. The van der Waals surface area contributed by atoms with Crippen molar-refractivity contribution in [3.05, 3.63) is 23.5 Å². The summed E-state index contributed by atoms with van der Waals surface area (Å²) in [5.74, 6) is -1.23. The maximum absolute atomic E-state index is 12.5. The van der Waals surface area contributed by atoms with Crippen LogP contribution in [0.25, 0.3) is 11.0 Å². The molecular formula is C17H24N4O3. The molecule has 0 radical (unpaired) electrons. The van der Waals surface area contributed by atoms with E-state index in [0.29, 0.717) is 23.1 Å². The van der Waals surface area contributed by atoms with Crippen molar-refractivity contribution >= 4 is 22.9 Å². The number of hydrogen-bond acceptors (Lipinski definition) is 4. The van der Waals surface area contributed by atoms with Gasteiger partial charge in [0, 0.05) is 18.7 Å². The van der Waals surface area contributed by atoms with Crippen LogP contribution in [-0.4, -0.2) is 38.3 Å². The molecule has 24 heavy (non-hydrogen) atoms. The molecule has 130 valence electrons. The van der Waals surface area contributed by atoms with Gasteiger partial charge in [-0.1, -0.05) is 13.8 Å². The number of hydrogen-bond donors (Lipinski definition) is 2. The lowest BCUT2D eigenvalue weighted by Crippen LogP contribution is -2.29. The molecular weight excluding hydrogens is 308 g/mol. The standard InChI is InChI=1S/C17H24N4O3/c1-5-12(4)21-16-14(9-19-21)13(7-11(3)20-16)17(24)18-8-10(2)6-15(22)23/h7,9-10,12H,5-6,8H2,1-4H3,(H,18,24)(H,22,23). The minimum absolute atomic E-state index is 0.0248. The fourth-order valence-electron chi connectivity index (χ4n) is 2.56. The molecule has 0 aliphatic heterocycles. The molecule has 0 bridgehead atoms. The van der Waals surface area contributed by atoms with E-state index < -0.39 is 5.97 Å². The summed E-state index contributed by atoms with van der Waals surface area (Å²) in [4.78, 5) is 27.8. The Labute approximate surface area is 141 Å². The summed E-state index contributed by atoms with van der Waals surface area (Å²) in [6, 6.07) is 1.94. The highest BCUT2D eigenvalue weighted by atomic mass is 16.4. The highest BCUT2D eigenvalue weighted by Crippen LogP contribution is 2.22. The average Bonchev–Trinajstić information content (AvgIpc) is 2.94. The Bertz CT molecular complexity index is 754. The largest absolute Gasteiger partial charge is 0.481 e. The van der Waals surface area contributed by atoms with E-state index in [2.05, 4.69) is 29.2 Å². The van der Waals surface area contributed by atoms with E-state index in [1.54, 1.807) is 19.2 Å². The number of aromatic nitrogens is 3. The highest BCUT2D eigenvalue weighted by Gasteiger charge is 2.18. The summed E-state index contributed by atoms with van der Waals surface area (Å²) in [6.45, 7) is 8.09. The van der Waals surface area contributed by atoms with Crippen LogP contribution in [0.4, 0.5) is 0 Å². The number of amides is 1. The van der Waals surface area contributed by atoms with Gasteiger partial charge >= 0.3 is 5.97 Å². The number of aryl methyl sites for hydroxylation is 1. The van der Waals surface area contributed by atoms with Crippen LogP contribution in [0.15, 0.2) is 12.3 Å². The lowest BCUT2D eigenvalue weighted by molar-refractivity contribution is -0.137. The van der Waals surface area contributed by atoms with Crippen molar-refractivity contribution in [3.8, 4) is 0 Å². The number of carboxylic acid groups (broad SMARTS) is 1. The summed E-state index contributed by atoms with van der Waals surface area (Å²) in [7, 11) is 0. The lowest BCUT2D eigenvalue weighted by Gasteiger charge is -2.13. The van der Waals surface area contributed by atoms with Gasteiger partial charge in [-0.2, -0.15) is 5.10 Å². The Morgan fingerprint density at radius 3 is 2.71 bits per heavy atom. The molecule has 7 nitrogen and oxygen atoms in total. The molecule has 2 unspecified atom stereocenters. The number of nitrogens with zero attached hydrogens (tertiary/aromatic N) is 3. The fourth-order valence-corrected chi connectivity index (χ4v) is 2.56. The number of nitrogens with one attached hydrogen (secondary N) is 1. The molecule has 0 fully saturated rings. The maximum Gasteiger partial charge on any atom is 0.303 e. The minimum atomic E-state index is -0.867. The molecule has 2 N–H and O–H groups in total. The van der Waals surface area contributed by atoms with Gasteiger partial charge in [0.1, 0.15) is 0 Å². The second-order valence-electron chi connectivity index (χ2n) is 6.31. The number of fused-ring (bicyclic) bond motifs is 1. The Balaban J connectivity index is 2.26. The highest BCUT2D eigenvalue weighted by molar-refractivity contribution is 6.05. The van der Waals surface area contributed by atoms with E-state index in [1.165, 1.54) is 0 Å². The van der Waals surface area contributed by atoms with Crippen molar-refractivity contribution in [1.29, 1.82) is 0 Å². The van der Waals surface area contributed by atoms with Crippen LogP contribution in [0.2, 0.25) is 0 Å². The van der Waals surface area contributed by atoms with Crippen molar-refractivity contribution in [2.45, 2.75) is 46.6 Å². The molecule has 0 aliphatic carbocycles. The molecule has 2 aromatic rings. The van der Waals surface area contributed by atoms with Crippen molar-refractivity contribution in [3.63, 3.8) is 0 Å². The number of rotatable bonds is 7. The first kappa shape index (κ1) is 17.9. The van der Waals surface area contributed by atoms with Crippen LogP contribution in [0, 0.1) is 12.8 Å². The van der Waals surface area contributed by atoms with Crippen LogP contribution < -0.4 is 5.32 Å². The quantitative estimate of drug-likeness (QED) is 0.812. The monoisotopic (exact) mass is 332 g/mol. The summed E-state index contributed by atoms with van der Waals surface area (Å²) >= 11 is 0. The molecule has 0 saturated carbocycles. The van der Waals surface area contributed by atoms with Crippen LogP contribution in [0.5, 0.6) is 0 Å². The number of pyridine rings is 1. The van der Waals surface area contributed by atoms with Gasteiger partial charge in [0.2, 0.25) is 0 Å². The lowest BCUT2D eigenvalue weighted by atomic mass is 10.1. The third kappa shape index (κ3) is 3.90. The third-order valence-corrected chi connectivity index (χ3v) is 4.08. The number of carbonyl (C=O) groups is 2. The van der Waals surface area contributed by atoms with Gasteiger partial charge < -0.3 is 10.4 Å². The summed E-state index contributed by atoms with van der Waals surface area (Å²) in [5.41, 5.74) is 1.97. The van der Waals surface area contributed by atoms with Crippen LogP contribution in [0.3, 0.4) is 0 Å². The molecule has 2 heterocycles. The molecule has 2 atom stereocenters. The molecule has 0 aromatic carbocycles. The van der Waals surface area contributed by atoms with Crippen molar-refractivity contribution in [2.75, 3.05) is 6.54 Å². The average molecular weight is 332 g/mol. The van der Waals surface area contributed by atoms with Crippen molar-refractivity contribution in [1.82, 2.24) is 20.1 Å². The van der Waals surface area contributed by atoms with Gasteiger partial charge in [-0.05, 0) is 32.3 Å². The SMILES string of the molecule is CCC(C)n1ncc2c(C(=O)NCC(C)CC(=O)O)cc(C)nc21. The zero-order chi connectivity index (χ0) is 17.9. The first-order chi connectivity index (χ1) is 11.3. The number of carbonyl (C=O) groups excluding carboxylic acids is 1. The Morgan fingerprint density at radius 2 is 2.08 bits per heavy atom. The minimum Gasteiger partial charge on any atom is -0.481 e. The van der Waals surface area contributed by atoms with Crippen molar-refractivity contribution in [2.24, 2.45) is 5.92 Å². The number of carboxylic acids is 1. The fraction of sp³-hybridized carbons (Fsp3) is 0.529.